The fourth-order valence-electron chi connectivity index (χ4n) is 1.18. The molecule has 0 aliphatic rings. The first-order chi connectivity index (χ1) is 6.35. The number of ether oxygens (including phenoxy) is 1. The molecule has 0 fully saturated rings. The van der Waals surface area contributed by atoms with Crippen molar-refractivity contribution in [3.05, 3.63) is 23.8 Å². The molecule has 2 aromatic rings. The van der Waals surface area contributed by atoms with Crippen molar-refractivity contribution in [2.75, 3.05) is 7.11 Å². The van der Waals surface area contributed by atoms with Gasteiger partial charge in [0.15, 0.2) is 5.58 Å². The average molecular weight is 181 g/mol. The number of benzene rings is 1. The molecule has 0 N–H and O–H groups in total. The number of para-hydroxylation sites is 1. The second kappa shape index (κ2) is 3.05. The van der Waals surface area contributed by atoms with Gasteiger partial charge in [-0.25, -0.2) is 4.39 Å². The molecule has 0 radical (unpaired) electrons. The Kier molecular flexibility index (Phi) is 1.88. The second-order valence-electron chi connectivity index (χ2n) is 2.58. The number of methoxy groups -OCH3 is 1. The van der Waals surface area contributed by atoms with Gasteiger partial charge in [-0.15, -0.1) is 0 Å². The number of halogens is 1. The Morgan fingerprint density at radius 3 is 3.08 bits per heavy atom. The van der Waals surface area contributed by atoms with Gasteiger partial charge in [-0.2, -0.15) is 4.98 Å². The molecule has 0 amide bonds. The molecule has 2 rings (SSSR count). The standard InChI is InChI=1S/C9H8FNO2/c1-12-9-11-7-4-2-3-6(5-10)8(7)13-9/h2-4H,5H2,1H3. The van der Waals surface area contributed by atoms with Crippen LogP contribution in [0.1, 0.15) is 5.56 Å². The summed E-state index contributed by atoms with van der Waals surface area (Å²) in [6.07, 6.45) is 0.163. The molecule has 0 atom stereocenters. The predicted molar refractivity (Wildman–Crippen MR) is 45.4 cm³/mol. The van der Waals surface area contributed by atoms with E-state index in [0.717, 1.165) is 0 Å². The third-order valence-electron chi connectivity index (χ3n) is 1.80. The normalized spacial score (nSPS) is 10.6. The van der Waals surface area contributed by atoms with Crippen LogP contribution in [0.3, 0.4) is 0 Å². The Labute approximate surface area is 74.1 Å². The number of fused-ring (bicyclic) bond motifs is 1. The number of alkyl halides is 1. The highest BCUT2D eigenvalue weighted by atomic mass is 19.1. The number of oxazole rings is 1. The Bertz CT molecular complexity index is 424. The van der Waals surface area contributed by atoms with Crippen LogP contribution in [0.25, 0.3) is 11.1 Å². The molecule has 4 heteroatoms. The number of hydrogen-bond donors (Lipinski definition) is 0. The van der Waals surface area contributed by atoms with Crippen LogP contribution < -0.4 is 4.74 Å². The van der Waals surface area contributed by atoms with Gasteiger partial charge in [0, 0.05) is 5.56 Å². The minimum atomic E-state index is -0.560. The van der Waals surface area contributed by atoms with E-state index in [2.05, 4.69) is 4.98 Å². The molecule has 0 unspecified atom stereocenters. The molecule has 0 aliphatic carbocycles. The smallest absolute Gasteiger partial charge is 0.394 e. The van der Waals surface area contributed by atoms with Crippen LogP contribution in [-0.4, -0.2) is 12.1 Å². The van der Waals surface area contributed by atoms with Crippen LogP contribution in [-0.2, 0) is 6.67 Å². The molecule has 0 saturated heterocycles. The van der Waals surface area contributed by atoms with Crippen LogP contribution >= 0.6 is 0 Å². The van der Waals surface area contributed by atoms with Crippen LogP contribution in [0.4, 0.5) is 4.39 Å². The van der Waals surface area contributed by atoms with Crippen molar-refractivity contribution >= 4 is 11.1 Å². The lowest BCUT2D eigenvalue weighted by Crippen LogP contribution is -1.79. The first-order valence-corrected chi connectivity index (χ1v) is 3.83. The third-order valence-corrected chi connectivity index (χ3v) is 1.80. The summed E-state index contributed by atoms with van der Waals surface area (Å²) in [5.74, 6) is 0. The monoisotopic (exact) mass is 181 g/mol. The zero-order valence-electron chi connectivity index (χ0n) is 7.08. The van der Waals surface area contributed by atoms with Gasteiger partial charge in [-0.05, 0) is 6.07 Å². The van der Waals surface area contributed by atoms with Crippen LogP contribution in [0.15, 0.2) is 22.6 Å². The van der Waals surface area contributed by atoms with Crippen LogP contribution in [0, 0.1) is 0 Å². The molecule has 0 spiro atoms. The number of aromatic nitrogens is 1. The summed E-state index contributed by atoms with van der Waals surface area (Å²) in [7, 11) is 1.46. The molecule has 0 saturated carbocycles. The van der Waals surface area contributed by atoms with Gasteiger partial charge in [0.05, 0.1) is 7.11 Å². The van der Waals surface area contributed by atoms with Crippen LogP contribution in [0.2, 0.25) is 0 Å². The Hall–Kier alpha value is -1.58. The van der Waals surface area contributed by atoms with Gasteiger partial charge in [-0.1, -0.05) is 12.1 Å². The zero-order valence-corrected chi connectivity index (χ0v) is 7.08. The minimum absolute atomic E-state index is 0.163. The van der Waals surface area contributed by atoms with E-state index in [9.17, 15) is 4.39 Å². The lowest BCUT2D eigenvalue weighted by atomic mass is 10.2. The Morgan fingerprint density at radius 2 is 2.38 bits per heavy atom. The van der Waals surface area contributed by atoms with Gasteiger partial charge in [0.1, 0.15) is 12.2 Å². The molecule has 68 valence electrons. The quantitative estimate of drug-likeness (QED) is 0.713. The molecular weight excluding hydrogens is 173 g/mol. The van der Waals surface area contributed by atoms with Crippen molar-refractivity contribution in [3.63, 3.8) is 0 Å². The Balaban J connectivity index is 2.67. The van der Waals surface area contributed by atoms with E-state index in [1.165, 1.54) is 7.11 Å². The number of nitrogens with zero attached hydrogens (tertiary/aromatic N) is 1. The minimum Gasteiger partial charge on any atom is -0.453 e. The average Bonchev–Trinajstić information content (AvgIpc) is 2.59. The van der Waals surface area contributed by atoms with Gasteiger partial charge < -0.3 is 9.15 Å². The maximum atomic E-state index is 12.4. The van der Waals surface area contributed by atoms with Crippen molar-refractivity contribution in [1.82, 2.24) is 4.98 Å². The first kappa shape index (κ1) is 8.04. The highest BCUT2D eigenvalue weighted by Gasteiger charge is 2.08. The van der Waals surface area contributed by atoms with Gasteiger partial charge in [0.2, 0.25) is 0 Å². The molecule has 13 heavy (non-hydrogen) atoms. The maximum absolute atomic E-state index is 12.4. The lowest BCUT2D eigenvalue weighted by molar-refractivity contribution is 0.298. The van der Waals surface area contributed by atoms with Crippen molar-refractivity contribution < 1.29 is 13.5 Å². The van der Waals surface area contributed by atoms with Crippen molar-refractivity contribution in [1.29, 1.82) is 0 Å². The van der Waals surface area contributed by atoms with Gasteiger partial charge in [0.25, 0.3) is 0 Å². The van der Waals surface area contributed by atoms with Crippen molar-refractivity contribution in [3.8, 4) is 6.08 Å². The SMILES string of the molecule is COc1nc2cccc(CF)c2o1. The van der Waals surface area contributed by atoms with Gasteiger partial charge >= 0.3 is 6.08 Å². The lowest BCUT2D eigenvalue weighted by Gasteiger charge is -1.92. The Morgan fingerprint density at radius 1 is 1.54 bits per heavy atom. The number of rotatable bonds is 2. The highest BCUT2D eigenvalue weighted by Crippen LogP contribution is 2.23. The van der Waals surface area contributed by atoms with E-state index < -0.39 is 6.67 Å². The first-order valence-electron chi connectivity index (χ1n) is 3.83. The molecular formula is C9H8FNO2. The van der Waals surface area contributed by atoms with E-state index in [1.807, 2.05) is 0 Å². The van der Waals surface area contributed by atoms with E-state index in [-0.39, 0.29) is 6.08 Å². The summed E-state index contributed by atoms with van der Waals surface area (Å²) < 4.78 is 22.4. The van der Waals surface area contributed by atoms with E-state index >= 15 is 0 Å². The molecule has 1 heterocycles. The van der Waals surface area contributed by atoms with E-state index in [4.69, 9.17) is 9.15 Å². The molecule has 1 aromatic heterocycles. The number of hydrogen-bond acceptors (Lipinski definition) is 3. The summed E-state index contributed by atoms with van der Waals surface area (Å²) in [6.45, 7) is -0.560. The highest BCUT2D eigenvalue weighted by molar-refractivity contribution is 5.76. The molecule has 1 aromatic carbocycles. The molecule has 0 bridgehead atoms. The van der Waals surface area contributed by atoms with Gasteiger partial charge in [-0.3, -0.25) is 0 Å². The van der Waals surface area contributed by atoms with E-state index in [1.54, 1.807) is 18.2 Å². The second-order valence-corrected chi connectivity index (χ2v) is 2.58. The summed E-state index contributed by atoms with van der Waals surface area (Å²) in [5, 5.41) is 0. The maximum Gasteiger partial charge on any atom is 0.394 e. The zero-order chi connectivity index (χ0) is 9.26. The summed E-state index contributed by atoms with van der Waals surface area (Å²) in [6, 6.07) is 5.15. The summed E-state index contributed by atoms with van der Waals surface area (Å²) in [4.78, 5) is 3.98. The van der Waals surface area contributed by atoms with Crippen LogP contribution in [0.5, 0.6) is 6.08 Å². The fourth-order valence-corrected chi connectivity index (χ4v) is 1.18. The largest absolute Gasteiger partial charge is 0.453 e. The van der Waals surface area contributed by atoms with Crippen molar-refractivity contribution in [2.24, 2.45) is 0 Å². The summed E-state index contributed by atoms with van der Waals surface area (Å²) >= 11 is 0. The molecule has 0 aliphatic heterocycles. The topological polar surface area (TPSA) is 35.3 Å². The summed E-state index contributed by atoms with van der Waals surface area (Å²) in [5.41, 5.74) is 1.57. The van der Waals surface area contributed by atoms with E-state index in [0.29, 0.717) is 16.7 Å². The fraction of sp³-hybridized carbons (Fsp3) is 0.222. The predicted octanol–water partition coefficient (Wildman–Crippen LogP) is 2.31. The van der Waals surface area contributed by atoms with Crippen molar-refractivity contribution in [2.45, 2.75) is 6.67 Å². The molecule has 3 nitrogen and oxygen atoms in total. The third kappa shape index (κ3) is 1.24.